The van der Waals surface area contributed by atoms with Gasteiger partial charge in [-0.15, -0.1) is 0 Å². The lowest BCUT2D eigenvalue weighted by Crippen LogP contribution is -2.46. The summed E-state index contributed by atoms with van der Waals surface area (Å²) in [5.74, 6) is -0.663. The molecule has 1 atom stereocenters. The van der Waals surface area contributed by atoms with E-state index in [4.69, 9.17) is 0 Å². The van der Waals surface area contributed by atoms with Crippen molar-refractivity contribution in [3.63, 3.8) is 0 Å². The van der Waals surface area contributed by atoms with Crippen LogP contribution in [-0.4, -0.2) is 47.5 Å². The normalized spacial score (nSPS) is 17.9. The molecule has 0 aromatic heterocycles. The van der Waals surface area contributed by atoms with Gasteiger partial charge in [0.05, 0.1) is 4.92 Å². The number of nitrogens with zero attached hydrogens (tertiary/aromatic N) is 2. The van der Waals surface area contributed by atoms with Gasteiger partial charge < -0.3 is 10.4 Å². The molecule has 0 unspecified atom stereocenters. The van der Waals surface area contributed by atoms with Crippen LogP contribution in [-0.2, 0) is 0 Å². The van der Waals surface area contributed by atoms with Crippen LogP contribution in [0, 0.1) is 17.0 Å². The van der Waals surface area contributed by atoms with Crippen LogP contribution in [0.2, 0.25) is 0 Å². The fourth-order valence-electron chi connectivity index (χ4n) is 2.62. The molecule has 0 bridgehead atoms. The van der Waals surface area contributed by atoms with E-state index in [0.717, 1.165) is 0 Å². The third-order valence-corrected chi connectivity index (χ3v) is 3.67. The highest BCUT2D eigenvalue weighted by molar-refractivity contribution is 5.57. The second kappa shape index (κ2) is 6.31. The molecule has 1 saturated heterocycles. The van der Waals surface area contributed by atoms with Crippen LogP contribution in [0.3, 0.4) is 0 Å². The van der Waals surface area contributed by atoms with Crippen LogP contribution in [0.4, 0.5) is 14.5 Å². The lowest BCUT2D eigenvalue weighted by Gasteiger charge is -2.34. The van der Waals surface area contributed by atoms with Crippen LogP contribution in [0.1, 0.15) is 17.2 Å². The van der Waals surface area contributed by atoms with Crippen LogP contribution in [0.15, 0.2) is 12.1 Å². The third-order valence-electron chi connectivity index (χ3n) is 3.67. The minimum absolute atomic E-state index is 0.0933. The zero-order valence-electron chi connectivity index (χ0n) is 11.6. The number of phenolic OH excluding ortho intramolecular Hbond substituents is 1. The predicted molar refractivity (Wildman–Crippen MR) is 72.7 cm³/mol. The Morgan fingerprint density at radius 2 is 2.00 bits per heavy atom. The van der Waals surface area contributed by atoms with Crippen molar-refractivity contribution in [3.05, 3.63) is 33.4 Å². The molecule has 0 saturated carbocycles. The molecule has 0 aliphatic carbocycles. The number of halogens is 2. The first-order valence-electron chi connectivity index (χ1n) is 6.63. The van der Waals surface area contributed by atoms with Crippen molar-refractivity contribution in [1.29, 1.82) is 0 Å². The first kappa shape index (κ1) is 15.6. The number of benzene rings is 1. The Morgan fingerprint density at radius 3 is 2.52 bits per heavy atom. The summed E-state index contributed by atoms with van der Waals surface area (Å²) in [6.07, 6.45) is -2.74. The minimum atomic E-state index is -2.74. The number of phenols is 1. The SMILES string of the molecule is Cc1ccc([C@@H](C(F)F)N2CCNCC2)c(O)c1[N+](=O)[O-]. The van der Waals surface area contributed by atoms with Crippen LogP contribution in [0.5, 0.6) is 5.75 Å². The Balaban J connectivity index is 2.45. The van der Waals surface area contributed by atoms with Crippen molar-refractivity contribution in [3.8, 4) is 5.75 Å². The molecule has 2 rings (SSSR count). The monoisotopic (exact) mass is 301 g/mol. The Bertz CT molecular complexity index is 534. The number of aromatic hydroxyl groups is 1. The van der Waals surface area contributed by atoms with E-state index >= 15 is 0 Å². The molecule has 1 aromatic rings. The van der Waals surface area contributed by atoms with E-state index in [0.29, 0.717) is 26.2 Å². The molecule has 1 aliphatic rings. The van der Waals surface area contributed by atoms with Gasteiger partial charge in [0.2, 0.25) is 0 Å². The fourth-order valence-corrected chi connectivity index (χ4v) is 2.62. The van der Waals surface area contributed by atoms with Gasteiger partial charge in [0.15, 0.2) is 5.75 Å². The van der Waals surface area contributed by atoms with Crippen molar-refractivity contribution >= 4 is 5.69 Å². The Labute approximate surface area is 120 Å². The average Bonchev–Trinajstić information content (AvgIpc) is 2.42. The third kappa shape index (κ3) is 3.11. The van der Waals surface area contributed by atoms with E-state index in [1.807, 2.05) is 0 Å². The van der Waals surface area contributed by atoms with Gasteiger partial charge in [0, 0.05) is 37.3 Å². The highest BCUT2D eigenvalue weighted by atomic mass is 19.3. The van der Waals surface area contributed by atoms with Crippen molar-refractivity contribution < 1.29 is 18.8 Å². The topological polar surface area (TPSA) is 78.6 Å². The van der Waals surface area contributed by atoms with E-state index in [1.165, 1.54) is 24.0 Å². The van der Waals surface area contributed by atoms with E-state index < -0.39 is 28.8 Å². The van der Waals surface area contributed by atoms with Crippen molar-refractivity contribution in [2.45, 2.75) is 19.4 Å². The number of piperazine rings is 1. The summed E-state index contributed by atoms with van der Waals surface area (Å²) in [5, 5.41) is 24.1. The van der Waals surface area contributed by atoms with Crippen molar-refractivity contribution in [2.75, 3.05) is 26.2 Å². The maximum absolute atomic E-state index is 13.4. The van der Waals surface area contributed by atoms with Gasteiger partial charge in [0.25, 0.3) is 6.43 Å². The smallest absolute Gasteiger partial charge is 0.313 e. The molecular formula is C13H17F2N3O3. The van der Waals surface area contributed by atoms with E-state index in [2.05, 4.69) is 5.32 Å². The number of alkyl halides is 2. The standard InChI is InChI=1S/C13H17F2N3O3/c1-8-2-3-9(12(19)10(8)18(20)21)11(13(14)15)17-6-4-16-5-7-17/h2-3,11,13,16,19H,4-7H2,1H3/t11-/m0/s1. The minimum Gasteiger partial charge on any atom is -0.502 e. The quantitative estimate of drug-likeness (QED) is 0.655. The van der Waals surface area contributed by atoms with Gasteiger partial charge in [-0.25, -0.2) is 8.78 Å². The molecule has 1 fully saturated rings. The maximum Gasteiger partial charge on any atom is 0.313 e. The van der Waals surface area contributed by atoms with Gasteiger partial charge in [-0.3, -0.25) is 15.0 Å². The van der Waals surface area contributed by atoms with E-state index in [-0.39, 0.29) is 11.1 Å². The summed E-state index contributed by atoms with van der Waals surface area (Å²) in [4.78, 5) is 11.8. The fraction of sp³-hybridized carbons (Fsp3) is 0.538. The van der Waals surface area contributed by atoms with Crippen molar-refractivity contribution in [2.24, 2.45) is 0 Å². The second-order valence-corrected chi connectivity index (χ2v) is 4.99. The number of rotatable bonds is 4. The first-order valence-corrected chi connectivity index (χ1v) is 6.63. The number of hydrogen-bond acceptors (Lipinski definition) is 5. The van der Waals surface area contributed by atoms with Gasteiger partial charge in [0.1, 0.15) is 6.04 Å². The van der Waals surface area contributed by atoms with E-state index in [9.17, 15) is 24.0 Å². The molecule has 0 amide bonds. The molecule has 0 spiro atoms. The van der Waals surface area contributed by atoms with Crippen molar-refractivity contribution in [1.82, 2.24) is 10.2 Å². The Kier molecular flexibility index (Phi) is 4.69. The number of hydrogen-bond donors (Lipinski definition) is 2. The lowest BCUT2D eigenvalue weighted by molar-refractivity contribution is -0.386. The highest BCUT2D eigenvalue weighted by Gasteiger charge is 2.35. The highest BCUT2D eigenvalue weighted by Crippen LogP contribution is 2.40. The van der Waals surface area contributed by atoms with Gasteiger partial charge in [-0.1, -0.05) is 12.1 Å². The van der Waals surface area contributed by atoms with Gasteiger partial charge in [-0.05, 0) is 6.92 Å². The first-order chi connectivity index (χ1) is 9.93. The summed E-state index contributed by atoms with van der Waals surface area (Å²) >= 11 is 0. The maximum atomic E-state index is 13.4. The molecule has 6 nitrogen and oxygen atoms in total. The molecule has 1 aliphatic heterocycles. The second-order valence-electron chi connectivity index (χ2n) is 4.99. The average molecular weight is 301 g/mol. The Morgan fingerprint density at radius 1 is 1.38 bits per heavy atom. The summed E-state index contributed by atoms with van der Waals surface area (Å²) in [6.45, 7) is 3.39. The molecule has 0 radical (unpaired) electrons. The molecule has 1 aromatic carbocycles. The Hall–Kier alpha value is -1.80. The summed E-state index contributed by atoms with van der Waals surface area (Å²) in [6, 6.07) is 1.40. The lowest BCUT2D eigenvalue weighted by atomic mass is 10.00. The van der Waals surface area contributed by atoms with Gasteiger partial charge in [-0.2, -0.15) is 0 Å². The molecule has 116 valence electrons. The molecular weight excluding hydrogens is 284 g/mol. The number of nitro benzene ring substituents is 1. The summed E-state index contributed by atoms with van der Waals surface area (Å²) in [7, 11) is 0. The number of nitrogens with one attached hydrogen (secondary N) is 1. The van der Waals surface area contributed by atoms with Crippen LogP contribution >= 0.6 is 0 Å². The van der Waals surface area contributed by atoms with Crippen LogP contribution < -0.4 is 5.32 Å². The molecule has 21 heavy (non-hydrogen) atoms. The zero-order chi connectivity index (χ0) is 15.6. The number of nitro groups is 1. The largest absolute Gasteiger partial charge is 0.502 e. The predicted octanol–water partition coefficient (Wildman–Crippen LogP) is 1.82. The molecule has 2 N–H and O–H groups in total. The van der Waals surface area contributed by atoms with Crippen LogP contribution in [0.25, 0.3) is 0 Å². The number of aryl methyl sites for hydroxylation is 1. The summed E-state index contributed by atoms with van der Waals surface area (Å²) in [5.41, 5.74) is -0.355. The van der Waals surface area contributed by atoms with E-state index in [1.54, 1.807) is 0 Å². The molecule has 1 heterocycles. The summed E-state index contributed by atoms with van der Waals surface area (Å²) < 4.78 is 26.9. The van der Waals surface area contributed by atoms with Gasteiger partial charge >= 0.3 is 5.69 Å². The zero-order valence-corrected chi connectivity index (χ0v) is 11.6. The molecule has 8 heteroatoms.